The minimum Gasteiger partial charge on any atom is -0.495 e. The molecule has 6 nitrogen and oxygen atoms in total. The second kappa shape index (κ2) is 11.8. The van der Waals surface area contributed by atoms with Crippen molar-refractivity contribution in [2.24, 2.45) is 0 Å². The molecule has 1 unspecified atom stereocenters. The molecular formula is C15H27N3O3. The van der Waals surface area contributed by atoms with Crippen molar-refractivity contribution in [1.29, 1.82) is 0 Å². The van der Waals surface area contributed by atoms with Crippen molar-refractivity contribution in [3.63, 3.8) is 0 Å². The van der Waals surface area contributed by atoms with E-state index in [1.54, 1.807) is 7.11 Å². The quantitative estimate of drug-likeness (QED) is 0.645. The van der Waals surface area contributed by atoms with Gasteiger partial charge < -0.3 is 25.8 Å². The monoisotopic (exact) mass is 297 g/mol. The predicted molar refractivity (Wildman–Crippen MR) is 85.9 cm³/mol. The predicted octanol–water partition coefficient (Wildman–Crippen LogP) is 1.81. The molecule has 0 spiro atoms. The Balaban J connectivity index is 0.00000122. The van der Waals surface area contributed by atoms with E-state index in [0.717, 1.165) is 5.69 Å². The van der Waals surface area contributed by atoms with Crippen molar-refractivity contribution in [1.82, 2.24) is 10.6 Å². The Morgan fingerprint density at radius 3 is 2.48 bits per heavy atom. The number of rotatable bonds is 6. The molecule has 0 aliphatic carbocycles. The molecule has 0 aliphatic heterocycles. The van der Waals surface area contributed by atoms with E-state index in [1.807, 2.05) is 24.3 Å². The van der Waals surface area contributed by atoms with E-state index < -0.39 is 6.10 Å². The summed E-state index contributed by atoms with van der Waals surface area (Å²) < 4.78 is 5.17. The van der Waals surface area contributed by atoms with Crippen LogP contribution in [0.2, 0.25) is 0 Å². The number of benzene rings is 1. The van der Waals surface area contributed by atoms with Crippen molar-refractivity contribution in [2.45, 2.75) is 26.4 Å². The van der Waals surface area contributed by atoms with Gasteiger partial charge in [-0.2, -0.15) is 0 Å². The highest BCUT2D eigenvalue weighted by atomic mass is 16.5. The summed E-state index contributed by atoms with van der Waals surface area (Å²) in [6.07, 6.45) is 0.576. The standard InChI is InChI=1S/C12H19N3O3.C3H8/c1-13-12(17)15-8-9(16)7-14-10-5-3-4-6-11(10)18-2;1-3-2/h3-6,9,14,16H,7-8H2,1-2H3,(H2,13,15,17);3H2,1-2H3. The third-order valence-electron chi connectivity index (χ3n) is 2.36. The average Bonchev–Trinajstić information content (AvgIpc) is 2.51. The molecule has 0 saturated carbocycles. The summed E-state index contributed by atoms with van der Waals surface area (Å²) >= 11 is 0. The van der Waals surface area contributed by atoms with Gasteiger partial charge in [0.2, 0.25) is 0 Å². The first-order valence-electron chi connectivity index (χ1n) is 7.09. The van der Waals surface area contributed by atoms with E-state index in [4.69, 9.17) is 4.74 Å². The summed E-state index contributed by atoms with van der Waals surface area (Å²) in [6.45, 7) is 4.76. The zero-order valence-corrected chi connectivity index (χ0v) is 13.3. The fraction of sp³-hybridized carbons (Fsp3) is 0.533. The second-order valence-electron chi connectivity index (χ2n) is 4.40. The highest BCUT2D eigenvalue weighted by molar-refractivity contribution is 5.73. The van der Waals surface area contributed by atoms with Gasteiger partial charge in [-0.05, 0) is 12.1 Å². The number of urea groups is 1. The number of anilines is 1. The topological polar surface area (TPSA) is 82.6 Å². The van der Waals surface area contributed by atoms with E-state index in [2.05, 4.69) is 29.8 Å². The summed E-state index contributed by atoms with van der Waals surface area (Å²) in [5, 5.41) is 17.7. The Labute approximate surface area is 126 Å². The Morgan fingerprint density at radius 1 is 1.29 bits per heavy atom. The number of methoxy groups -OCH3 is 1. The third-order valence-corrected chi connectivity index (χ3v) is 2.36. The number of hydrogen-bond donors (Lipinski definition) is 4. The molecule has 21 heavy (non-hydrogen) atoms. The number of aliphatic hydroxyl groups is 1. The first-order valence-corrected chi connectivity index (χ1v) is 7.09. The zero-order chi connectivity index (χ0) is 16.1. The number of carbonyl (C=O) groups excluding carboxylic acids is 1. The summed E-state index contributed by atoms with van der Waals surface area (Å²) in [6, 6.07) is 7.12. The van der Waals surface area contributed by atoms with Crippen LogP contribution in [0, 0.1) is 0 Å². The van der Waals surface area contributed by atoms with Gasteiger partial charge in [0.25, 0.3) is 0 Å². The van der Waals surface area contributed by atoms with Crippen molar-refractivity contribution in [3.05, 3.63) is 24.3 Å². The van der Waals surface area contributed by atoms with Crippen LogP contribution in [0.4, 0.5) is 10.5 Å². The Kier molecular flexibility index (Phi) is 10.7. The normalized spacial score (nSPS) is 10.7. The highest BCUT2D eigenvalue weighted by Gasteiger charge is 2.07. The Morgan fingerprint density at radius 2 is 1.90 bits per heavy atom. The molecule has 1 aromatic rings. The Bertz CT molecular complexity index is 400. The molecule has 1 atom stereocenters. The van der Waals surface area contributed by atoms with Crippen LogP contribution in [0.3, 0.4) is 0 Å². The number of para-hydroxylation sites is 2. The highest BCUT2D eigenvalue weighted by Crippen LogP contribution is 2.22. The van der Waals surface area contributed by atoms with Gasteiger partial charge in [-0.25, -0.2) is 4.79 Å². The maximum atomic E-state index is 10.9. The number of amides is 2. The summed E-state index contributed by atoms with van der Waals surface area (Å²) in [4.78, 5) is 10.9. The van der Waals surface area contributed by atoms with Crippen LogP contribution in [0.5, 0.6) is 5.75 Å². The molecule has 4 N–H and O–H groups in total. The van der Waals surface area contributed by atoms with Crippen LogP contribution < -0.4 is 20.7 Å². The molecule has 0 radical (unpaired) electrons. The largest absolute Gasteiger partial charge is 0.495 e. The number of aliphatic hydroxyl groups excluding tert-OH is 1. The molecule has 0 fully saturated rings. The molecule has 120 valence electrons. The van der Waals surface area contributed by atoms with Gasteiger partial charge in [-0.15, -0.1) is 0 Å². The summed E-state index contributed by atoms with van der Waals surface area (Å²) in [7, 11) is 3.11. The molecule has 1 rings (SSSR count). The zero-order valence-electron chi connectivity index (χ0n) is 13.3. The lowest BCUT2D eigenvalue weighted by atomic mass is 10.2. The molecule has 0 bridgehead atoms. The maximum absolute atomic E-state index is 10.9. The lowest BCUT2D eigenvalue weighted by Gasteiger charge is -2.15. The van der Waals surface area contributed by atoms with Crippen molar-refractivity contribution < 1.29 is 14.6 Å². The van der Waals surface area contributed by atoms with Gasteiger partial charge in [-0.1, -0.05) is 32.4 Å². The fourth-order valence-electron chi connectivity index (χ4n) is 1.39. The van der Waals surface area contributed by atoms with Gasteiger partial charge in [0.1, 0.15) is 5.75 Å². The molecule has 0 aliphatic rings. The van der Waals surface area contributed by atoms with Crippen LogP contribution in [-0.2, 0) is 0 Å². The molecule has 6 heteroatoms. The summed E-state index contributed by atoms with van der Waals surface area (Å²) in [5.41, 5.74) is 0.805. The van der Waals surface area contributed by atoms with E-state index in [9.17, 15) is 9.90 Å². The second-order valence-corrected chi connectivity index (χ2v) is 4.40. The van der Waals surface area contributed by atoms with E-state index in [-0.39, 0.29) is 12.6 Å². The molecule has 2 amide bonds. The van der Waals surface area contributed by atoms with Crippen LogP contribution in [-0.4, -0.2) is 44.5 Å². The minimum absolute atomic E-state index is 0.182. The minimum atomic E-state index is -0.674. The lowest BCUT2D eigenvalue weighted by Crippen LogP contribution is -2.40. The number of hydrogen-bond acceptors (Lipinski definition) is 4. The van der Waals surface area contributed by atoms with Crippen molar-refractivity contribution in [2.75, 3.05) is 32.6 Å². The van der Waals surface area contributed by atoms with Gasteiger partial charge in [-0.3, -0.25) is 0 Å². The molecule has 0 aromatic heterocycles. The number of nitrogens with one attached hydrogen (secondary N) is 3. The molecule has 0 saturated heterocycles. The van der Waals surface area contributed by atoms with Crippen molar-refractivity contribution in [3.8, 4) is 5.75 Å². The van der Waals surface area contributed by atoms with Gasteiger partial charge in [0.15, 0.2) is 0 Å². The van der Waals surface area contributed by atoms with E-state index in [0.29, 0.717) is 12.3 Å². The van der Waals surface area contributed by atoms with Crippen LogP contribution in [0.15, 0.2) is 24.3 Å². The summed E-state index contributed by atoms with van der Waals surface area (Å²) in [5.74, 6) is 0.712. The smallest absolute Gasteiger partial charge is 0.314 e. The SMILES string of the molecule is CCC.CNC(=O)NCC(O)CNc1ccccc1OC. The van der Waals surface area contributed by atoms with Crippen LogP contribution in [0.25, 0.3) is 0 Å². The molecule has 1 aromatic carbocycles. The van der Waals surface area contributed by atoms with Crippen LogP contribution in [0.1, 0.15) is 20.3 Å². The van der Waals surface area contributed by atoms with Gasteiger partial charge in [0, 0.05) is 20.1 Å². The maximum Gasteiger partial charge on any atom is 0.314 e. The van der Waals surface area contributed by atoms with E-state index in [1.165, 1.54) is 13.5 Å². The number of ether oxygens (including phenoxy) is 1. The first-order chi connectivity index (χ1) is 10.1. The fourth-order valence-corrected chi connectivity index (χ4v) is 1.39. The number of carbonyl (C=O) groups is 1. The Hall–Kier alpha value is -1.95. The first kappa shape index (κ1) is 19.1. The van der Waals surface area contributed by atoms with E-state index >= 15 is 0 Å². The molecule has 0 heterocycles. The lowest BCUT2D eigenvalue weighted by molar-refractivity contribution is 0.182. The van der Waals surface area contributed by atoms with Gasteiger partial charge >= 0.3 is 6.03 Å². The van der Waals surface area contributed by atoms with Crippen LogP contribution >= 0.6 is 0 Å². The third kappa shape index (κ3) is 8.75. The van der Waals surface area contributed by atoms with Crippen molar-refractivity contribution >= 4 is 11.7 Å². The average molecular weight is 297 g/mol. The molecular weight excluding hydrogens is 270 g/mol. The van der Waals surface area contributed by atoms with Gasteiger partial charge in [0.05, 0.1) is 18.9 Å².